The summed E-state index contributed by atoms with van der Waals surface area (Å²) < 4.78 is 0. The highest BCUT2D eigenvalue weighted by molar-refractivity contribution is 7.10. The maximum atomic E-state index is 11.3. The second-order valence-electron chi connectivity index (χ2n) is 2.72. The molecular formula is C8H9NOS. The minimum absolute atomic E-state index is 0.102. The van der Waals surface area contributed by atoms with Crippen molar-refractivity contribution in [3.05, 3.63) is 21.4 Å². The lowest BCUT2D eigenvalue weighted by Gasteiger charge is -2.12. The summed E-state index contributed by atoms with van der Waals surface area (Å²) >= 11 is 1.69. The van der Waals surface area contributed by atoms with Crippen LogP contribution in [0.25, 0.3) is 0 Å². The quantitative estimate of drug-likeness (QED) is 0.620. The predicted octanol–water partition coefficient (Wildman–Crippen LogP) is 1.34. The Morgan fingerprint density at radius 1 is 1.64 bits per heavy atom. The molecule has 1 aliphatic rings. The van der Waals surface area contributed by atoms with E-state index < -0.39 is 0 Å². The molecular weight excluding hydrogens is 158 g/mol. The first-order valence-electron chi connectivity index (χ1n) is 3.64. The van der Waals surface area contributed by atoms with Gasteiger partial charge in [0.05, 0.1) is 5.56 Å². The van der Waals surface area contributed by atoms with Crippen molar-refractivity contribution in [1.29, 1.82) is 0 Å². The number of thiophene rings is 1. The molecule has 11 heavy (non-hydrogen) atoms. The third-order valence-corrected chi connectivity index (χ3v) is 3.08. The van der Waals surface area contributed by atoms with Gasteiger partial charge in [0.25, 0.3) is 5.91 Å². The minimum atomic E-state index is 0.102. The minimum Gasteiger partial charge on any atom is -0.352 e. The number of carbonyl (C=O) groups excluding carboxylic acids is 1. The van der Waals surface area contributed by atoms with Crippen LogP contribution in [-0.2, 0) is 6.42 Å². The highest BCUT2D eigenvalue weighted by atomic mass is 32.1. The molecule has 1 N–H and O–H groups in total. The summed E-state index contributed by atoms with van der Waals surface area (Å²) in [5, 5.41) is 4.88. The normalized spacial score (nSPS) is 15.9. The summed E-state index contributed by atoms with van der Waals surface area (Å²) in [5.74, 6) is 0.102. The molecule has 1 amide bonds. The fourth-order valence-corrected chi connectivity index (χ4v) is 2.39. The molecule has 3 heteroatoms. The average Bonchev–Trinajstić information content (AvgIpc) is 2.34. The molecule has 2 nitrogen and oxygen atoms in total. The molecule has 0 radical (unpaired) electrons. The molecule has 1 aromatic rings. The van der Waals surface area contributed by atoms with Crippen molar-refractivity contribution in [3.63, 3.8) is 0 Å². The van der Waals surface area contributed by atoms with Crippen LogP contribution in [0.4, 0.5) is 0 Å². The number of fused-ring (bicyclic) bond motifs is 1. The van der Waals surface area contributed by atoms with Crippen LogP contribution in [0.1, 0.15) is 20.8 Å². The number of aryl methyl sites for hydroxylation is 1. The fourth-order valence-electron chi connectivity index (χ4n) is 1.36. The van der Waals surface area contributed by atoms with Crippen LogP contribution in [0.15, 0.2) is 5.38 Å². The van der Waals surface area contributed by atoms with Gasteiger partial charge in [0, 0.05) is 11.4 Å². The van der Waals surface area contributed by atoms with E-state index in [1.54, 1.807) is 11.3 Å². The highest BCUT2D eigenvalue weighted by Gasteiger charge is 2.19. The van der Waals surface area contributed by atoms with E-state index in [1.165, 1.54) is 4.88 Å². The molecule has 0 saturated heterocycles. The number of hydrogen-bond acceptors (Lipinski definition) is 2. The van der Waals surface area contributed by atoms with E-state index in [0.717, 1.165) is 24.1 Å². The van der Waals surface area contributed by atoms with Gasteiger partial charge >= 0.3 is 0 Å². The predicted molar refractivity (Wildman–Crippen MR) is 45.1 cm³/mol. The van der Waals surface area contributed by atoms with Crippen molar-refractivity contribution < 1.29 is 4.79 Å². The zero-order valence-corrected chi connectivity index (χ0v) is 7.12. The van der Waals surface area contributed by atoms with Crippen molar-refractivity contribution in [2.45, 2.75) is 13.3 Å². The lowest BCUT2D eigenvalue weighted by molar-refractivity contribution is 0.0946. The summed E-state index contributed by atoms with van der Waals surface area (Å²) in [6.07, 6.45) is 1.000. The Kier molecular flexibility index (Phi) is 1.46. The molecule has 0 bridgehead atoms. The van der Waals surface area contributed by atoms with Crippen molar-refractivity contribution in [1.82, 2.24) is 5.32 Å². The first-order chi connectivity index (χ1) is 5.29. The third kappa shape index (κ3) is 0.959. The van der Waals surface area contributed by atoms with Gasteiger partial charge < -0.3 is 5.32 Å². The molecule has 0 aliphatic carbocycles. The fraction of sp³-hybridized carbons (Fsp3) is 0.375. The van der Waals surface area contributed by atoms with E-state index in [0.29, 0.717) is 0 Å². The largest absolute Gasteiger partial charge is 0.352 e. The van der Waals surface area contributed by atoms with E-state index in [2.05, 4.69) is 10.7 Å². The van der Waals surface area contributed by atoms with Crippen LogP contribution in [0.5, 0.6) is 0 Å². The molecule has 0 saturated carbocycles. The smallest absolute Gasteiger partial charge is 0.252 e. The van der Waals surface area contributed by atoms with Gasteiger partial charge in [-0.25, -0.2) is 0 Å². The SMILES string of the molecule is Cc1csc2c1C(=O)NCC2. The van der Waals surface area contributed by atoms with Crippen LogP contribution in [0.2, 0.25) is 0 Å². The van der Waals surface area contributed by atoms with Gasteiger partial charge in [-0.05, 0) is 24.3 Å². The molecule has 0 aromatic carbocycles. The molecule has 0 fully saturated rings. The van der Waals surface area contributed by atoms with Crippen LogP contribution in [0.3, 0.4) is 0 Å². The van der Waals surface area contributed by atoms with Crippen LogP contribution >= 0.6 is 11.3 Å². The summed E-state index contributed by atoms with van der Waals surface area (Å²) in [4.78, 5) is 12.5. The molecule has 0 spiro atoms. The van der Waals surface area contributed by atoms with Crippen molar-refractivity contribution in [2.75, 3.05) is 6.54 Å². The topological polar surface area (TPSA) is 29.1 Å². The molecule has 1 aromatic heterocycles. The van der Waals surface area contributed by atoms with Gasteiger partial charge in [-0.3, -0.25) is 4.79 Å². The Labute approximate surface area is 69.2 Å². The number of nitrogens with one attached hydrogen (secondary N) is 1. The lowest BCUT2D eigenvalue weighted by atomic mass is 10.1. The van der Waals surface area contributed by atoms with Gasteiger partial charge in [0.2, 0.25) is 0 Å². The summed E-state index contributed by atoms with van der Waals surface area (Å²) in [6, 6.07) is 0. The monoisotopic (exact) mass is 167 g/mol. The lowest BCUT2D eigenvalue weighted by Crippen LogP contribution is -2.31. The molecule has 1 aliphatic heterocycles. The van der Waals surface area contributed by atoms with Crippen molar-refractivity contribution in [2.24, 2.45) is 0 Å². The van der Waals surface area contributed by atoms with Crippen molar-refractivity contribution in [3.8, 4) is 0 Å². The van der Waals surface area contributed by atoms with E-state index in [9.17, 15) is 4.79 Å². The standard InChI is InChI=1S/C8H9NOS/c1-5-4-11-6-2-3-9-8(10)7(5)6/h4H,2-3H2,1H3,(H,9,10). The Hall–Kier alpha value is -0.830. The zero-order valence-electron chi connectivity index (χ0n) is 6.31. The Bertz CT molecular complexity index is 303. The Morgan fingerprint density at radius 3 is 3.18 bits per heavy atom. The summed E-state index contributed by atoms with van der Waals surface area (Å²) in [7, 11) is 0. The number of amides is 1. The third-order valence-electron chi connectivity index (χ3n) is 1.92. The van der Waals surface area contributed by atoms with E-state index >= 15 is 0 Å². The zero-order chi connectivity index (χ0) is 7.84. The molecule has 2 heterocycles. The first-order valence-corrected chi connectivity index (χ1v) is 4.52. The van der Waals surface area contributed by atoms with E-state index in [4.69, 9.17) is 0 Å². The maximum Gasteiger partial charge on any atom is 0.252 e. The molecule has 0 atom stereocenters. The van der Waals surface area contributed by atoms with Gasteiger partial charge in [0.1, 0.15) is 0 Å². The van der Waals surface area contributed by atoms with Gasteiger partial charge in [-0.1, -0.05) is 0 Å². The van der Waals surface area contributed by atoms with Gasteiger partial charge in [-0.15, -0.1) is 11.3 Å². The second kappa shape index (κ2) is 2.34. The van der Waals surface area contributed by atoms with Gasteiger partial charge in [0.15, 0.2) is 0 Å². The molecule has 58 valence electrons. The maximum absolute atomic E-state index is 11.3. The average molecular weight is 167 g/mol. The van der Waals surface area contributed by atoms with E-state index in [1.807, 2.05) is 6.92 Å². The van der Waals surface area contributed by atoms with Crippen LogP contribution in [-0.4, -0.2) is 12.5 Å². The molecule has 0 unspecified atom stereocenters. The summed E-state index contributed by atoms with van der Waals surface area (Å²) in [5.41, 5.74) is 2.03. The number of rotatable bonds is 0. The Morgan fingerprint density at radius 2 is 2.45 bits per heavy atom. The number of carbonyl (C=O) groups is 1. The van der Waals surface area contributed by atoms with Crippen LogP contribution < -0.4 is 5.32 Å². The second-order valence-corrected chi connectivity index (χ2v) is 3.69. The molecule has 2 rings (SSSR count). The van der Waals surface area contributed by atoms with Crippen LogP contribution in [0, 0.1) is 6.92 Å². The summed E-state index contributed by atoms with van der Waals surface area (Å²) in [6.45, 7) is 2.78. The van der Waals surface area contributed by atoms with Gasteiger partial charge in [-0.2, -0.15) is 0 Å². The Balaban J connectivity index is 2.56. The van der Waals surface area contributed by atoms with Crippen molar-refractivity contribution >= 4 is 17.2 Å². The van der Waals surface area contributed by atoms with E-state index in [-0.39, 0.29) is 5.91 Å². The highest BCUT2D eigenvalue weighted by Crippen LogP contribution is 2.24. The number of hydrogen-bond donors (Lipinski definition) is 1. The first kappa shape index (κ1) is 6.85.